The van der Waals surface area contributed by atoms with Gasteiger partial charge in [-0.1, -0.05) is 91.0 Å². The minimum Gasteiger partial charge on any atom is -0.359 e. The van der Waals surface area contributed by atoms with Crippen LogP contribution in [0.25, 0.3) is 6.08 Å². The second-order valence-corrected chi connectivity index (χ2v) is 9.87. The zero-order valence-corrected chi connectivity index (χ0v) is 19.7. The summed E-state index contributed by atoms with van der Waals surface area (Å²) >= 11 is 0. The topological polar surface area (TPSA) is 66.9 Å². The molecule has 0 spiro atoms. The van der Waals surface area contributed by atoms with Crippen LogP contribution in [0.2, 0.25) is 0 Å². The largest absolute Gasteiger partial charge is 0.359 e. The second-order valence-electron chi connectivity index (χ2n) is 8.05. The quantitative estimate of drug-likeness (QED) is 0.494. The van der Waals surface area contributed by atoms with Crippen molar-refractivity contribution in [3.05, 3.63) is 113 Å². The monoisotopic (exact) mass is 476 g/mol. The molecule has 0 bridgehead atoms. The number of benzene rings is 3. The van der Waals surface area contributed by atoms with Crippen LogP contribution in [0.1, 0.15) is 22.8 Å². The molecule has 1 fully saturated rings. The molecule has 4 rings (SSSR count). The predicted molar refractivity (Wildman–Crippen MR) is 133 cm³/mol. The van der Waals surface area contributed by atoms with E-state index in [2.05, 4.69) is 0 Å². The molecule has 1 aliphatic heterocycles. The van der Waals surface area contributed by atoms with Crippen molar-refractivity contribution >= 4 is 22.0 Å². The lowest BCUT2D eigenvalue weighted by Gasteiger charge is -2.33. The van der Waals surface area contributed by atoms with E-state index in [1.165, 1.54) is 9.71 Å². The lowest BCUT2D eigenvalue weighted by molar-refractivity contribution is -0.138. The maximum absolute atomic E-state index is 12.9. The van der Waals surface area contributed by atoms with Crippen LogP contribution in [0.3, 0.4) is 0 Å². The molecule has 1 saturated heterocycles. The third-order valence-corrected chi connectivity index (χ3v) is 7.33. The van der Waals surface area contributed by atoms with Crippen molar-refractivity contribution in [3.63, 3.8) is 0 Å². The minimum atomic E-state index is -3.54. The summed E-state index contributed by atoms with van der Waals surface area (Å²) in [6.07, 6.45) is 1.24. The lowest BCUT2D eigenvalue weighted by atomic mass is 10.0. The number of amides is 1. The van der Waals surface area contributed by atoms with Crippen molar-refractivity contribution in [2.45, 2.75) is 6.10 Å². The van der Waals surface area contributed by atoms with E-state index in [0.717, 1.165) is 16.7 Å². The number of rotatable bonds is 8. The molecular formula is C27H28N2O4S. The molecular weight excluding hydrogens is 448 g/mol. The van der Waals surface area contributed by atoms with Gasteiger partial charge in [-0.2, -0.15) is 4.31 Å². The molecule has 1 heterocycles. The van der Waals surface area contributed by atoms with Crippen LogP contribution in [0.5, 0.6) is 0 Å². The smallest absolute Gasteiger partial charge is 0.248 e. The van der Waals surface area contributed by atoms with E-state index in [-0.39, 0.29) is 31.7 Å². The minimum absolute atomic E-state index is 0.0743. The van der Waals surface area contributed by atoms with Crippen molar-refractivity contribution in [3.8, 4) is 0 Å². The Labute approximate surface area is 201 Å². The van der Waals surface area contributed by atoms with Crippen LogP contribution in [-0.4, -0.2) is 56.3 Å². The average molecular weight is 477 g/mol. The van der Waals surface area contributed by atoms with Crippen LogP contribution in [0.15, 0.2) is 96.4 Å². The summed E-state index contributed by atoms with van der Waals surface area (Å²) in [6, 6.07) is 28.9. The number of ether oxygens (including phenoxy) is 1. The van der Waals surface area contributed by atoms with Crippen molar-refractivity contribution in [2.24, 2.45) is 0 Å². The van der Waals surface area contributed by atoms with Crippen molar-refractivity contribution in [1.29, 1.82) is 0 Å². The first-order valence-corrected chi connectivity index (χ1v) is 12.8. The van der Waals surface area contributed by atoms with E-state index in [0.29, 0.717) is 13.1 Å². The predicted octanol–water partition coefficient (Wildman–Crippen LogP) is 3.94. The Bertz CT molecular complexity index is 1150. The van der Waals surface area contributed by atoms with Crippen molar-refractivity contribution < 1.29 is 17.9 Å². The van der Waals surface area contributed by atoms with E-state index in [4.69, 9.17) is 4.74 Å². The molecule has 0 aliphatic carbocycles. The molecule has 3 aromatic rings. The van der Waals surface area contributed by atoms with Crippen molar-refractivity contribution in [2.75, 3.05) is 32.8 Å². The molecule has 1 aliphatic rings. The molecule has 0 saturated carbocycles. The summed E-state index contributed by atoms with van der Waals surface area (Å²) < 4.78 is 32.8. The Morgan fingerprint density at radius 3 is 1.82 bits per heavy atom. The Hall–Kier alpha value is -3.26. The summed E-state index contributed by atoms with van der Waals surface area (Å²) in [5, 5.41) is 1.23. The SMILES string of the molecule is O=C(COC(c1ccccc1)c1ccccc1)N1CCN(S(=O)(=O)C=Cc2ccccc2)CC1. The second kappa shape index (κ2) is 11.2. The molecule has 34 heavy (non-hydrogen) atoms. The molecule has 0 atom stereocenters. The van der Waals surface area contributed by atoms with Gasteiger partial charge in [0.05, 0.1) is 0 Å². The highest BCUT2D eigenvalue weighted by Gasteiger charge is 2.28. The van der Waals surface area contributed by atoms with Crippen LogP contribution in [0, 0.1) is 0 Å². The first kappa shape index (κ1) is 23.9. The molecule has 0 N–H and O–H groups in total. The Morgan fingerprint density at radius 1 is 0.794 bits per heavy atom. The number of hydrogen-bond donors (Lipinski definition) is 0. The molecule has 6 nitrogen and oxygen atoms in total. The molecule has 0 unspecified atom stereocenters. The van der Waals surface area contributed by atoms with Crippen LogP contribution in [0.4, 0.5) is 0 Å². The third-order valence-electron chi connectivity index (χ3n) is 5.76. The third kappa shape index (κ3) is 6.20. The summed E-state index contributed by atoms with van der Waals surface area (Å²) in [5.74, 6) is -0.145. The van der Waals surface area contributed by atoms with E-state index < -0.39 is 10.0 Å². The van der Waals surface area contributed by atoms with E-state index >= 15 is 0 Å². The van der Waals surface area contributed by atoms with Gasteiger partial charge in [0.2, 0.25) is 15.9 Å². The first-order valence-electron chi connectivity index (χ1n) is 11.3. The normalized spacial score (nSPS) is 15.1. The first-order chi connectivity index (χ1) is 16.5. The maximum atomic E-state index is 12.9. The average Bonchev–Trinajstić information content (AvgIpc) is 2.89. The molecule has 7 heteroatoms. The molecule has 0 aromatic heterocycles. The van der Waals surface area contributed by atoms with Gasteiger partial charge in [0.1, 0.15) is 12.7 Å². The van der Waals surface area contributed by atoms with E-state index in [9.17, 15) is 13.2 Å². The fourth-order valence-electron chi connectivity index (χ4n) is 3.89. The standard InChI is InChI=1S/C27H28N2O4S/c30-26(22-33-27(24-12-6-2-7-13-24)25-14-8-3-9-15-25)28-17-19-29(20-18-28)34(31,32)21-16-23-10-4-1-5-11-23/h1-16,21,27H,17-20,22H2. The van der Waals surface area contributed by atoms with Crippen molar-refractivity contribution in [1.82, 2.24) is 9.21 Å². The summed E-state index contributed by atoms with van der Waals surface area (Å²) in [5.41, 5.74) is 2.77. The van der Waals surface area contributed by atoms with E-state index in [1.807, 2.05) is 91.0 Å². The Kier molecular flexibility index (Phi) is 7.90. The highest BCUT2D eigenvalue weighted by atomic mass is 32.2. The lowest BCUT2D eigenvalue weighted by Crippen LogP contribution is -2.51. The van der Waals surface area contributed by atoms with Gasteiger partial charge in [-0.3, -0.25) is 4.79 Å². The molecule has 0 radical (unpaired) electrons. The number of carbonyl (C=O) groups is 1. The fourth-order valence-corrected chi connectivity index (χ4v) is 5.07. The summed E-state index contributed by atoms with van der Waals surface area (Å²) in [4.78, 5) is 14.5. The summed E-state index contributed by atoms with van der Waals surface area (Å²) in [6.45, 7) is 1.11. The fraction of sp³-hybridized carbons (Fsp3) is 0.222. The number of hydrogen-bond acceptors (Lipinski definition) is 4. The number of carbonyl (C=O) groups excluding carboxylic acids is 1. The van der Waals surface area contributed by atoms with E-state index in [1.54, 1.807) is 11.0 Å². The maximum Gasteiger partial charge on any atom is 0.248 e. The zero-order valence-electron chi connectivity index (χ0n) is 18.9. The van der Waals surface area contributed by atoms with Crippen LogP contribution < -0.4 is 0 Å². The zero-order chi connectivity index (χ0) is 23.8. The highest BCUT2D eigenvalue weighted by molar-refractivity contribution is 7.92. The van der Waals surface area contributed by atoms with Gasteiger partial charge in [-0.05, 0) is 22.8 Å². The number of piperazine rings is 1. The summed E-state index contributed by atoms with van der Waals surface area (Å²) in [7, 11) is -3.54. The van der Waals surface area contributed by atoms with Crippen LogP contribution >= 0.6 is 0 Å². The molecule has 1 amide bonds. The van der Waals surface area contributed by atoms with Gasteiger partial charge in [0.15, 0.2) is 0 Å². The van der Waals surface area contributed by atoms with Gasteiger partial charge in [-0.25, -0.2) is 8.42 Å². The molecule has 3 aromatic carbocycles. The van der Waals surface area contributed by atoms with Gasteiger partial charge in [0, 0.05) is 31.6 Å². The van der Waals surface area contributed by atoms with Gasteiger partial charge in [0.25, 0.3) is 0 Å². The van der Waals surface area contributed by atoms with Gasteiger partial charge < -0.3 is 9.64 Å². The Morgan fingerprint density at radius 2 is 1.29 bits per heavy atom. The number of nitrogens with zero attached hydrogens (tertiary/aromatic N) is 2. The Balaban J connectivity index is 1.33. The van der Waals surface area contributed by atoms with Gasteiger partial charge >= 0.3 is 0 Å². The van der Waals surface area contributed by atoms with Gasteiger partial charge in [-0.15, -0.1) is 0 Å². The molecule has 176 valence electrons. The van der Waals surface area contributed by atoms with Crippen LogP contribution in [-0.2, 0) is 19.6 Å². The number of sulfonamides is 1. The highest BCUT2D eigenvalue weighted by Crippen LogP contribution is 2.26.